The zero-order chi connectivity index (χ0) is 15.1. The lowest BCUT2D eigenvalue weighted by Gasteiger charge is -2.23. The number of nitrogens with one attached hydrogen (secondary N) is 1. The van der Waals surface area contributed by atoms with Gasteiger partial charge in [-0.2, -0.15) is 0 Å². The lowest BCUT2D eigenvalue weighted by atomic mass is 10.2. The summed E-state index contributed by atoms with van der Waals surface area (Å²) in [4.78, 5) is 22.0. The molecule has 0 aliphatic heterocycles. The maximum Gasteiger partial charge on any atom is 0.271 e. The molecule has 1 heterocycles. The third-order valence-corrected chi connectivity index (χ3v) is 3.21. The number of hydrogen-bond donors (Lipinski definition) is 1. The van der Waals surface area contributed by atoms with Crippen LogP contribution >= 0.6 is 0 Å². The first-order valence-corrected chi connectivity index (χ1v) is 7.06. The SMILES string of the molecule is CCN(CCNC(=O)c1cnccn1)c1cccc(C)c1. The second-order valence-electron chi connectivity index (χ2n) is 4.77. The molecule has 2 rings (SSSR count). The van der Waals surface area contributed by atoms with Crippen molar-refractivity contribution in [3.05, 3.63) is 54.1 Å². The summed E-state index contributed by atoms with van der Waals surface area (Å²) in [5.74, 6) is -0.191. The van der Waals surface area contributed by atoms with Gasteiger partial charge in [0.25, 0.3) is 5.91 Å². The van der Waals surface area contributed by atoms with E-state index in [9.17, 15) is 4.79 Å². The fraction of sp³-hybridized carbons (Fsp3) is 0.312. The minimum atomic E-state index is -0.191. The van der Waals surface area contributed by atoms with Crippen molar-refractivity contribution in [1.29, 1.82) is 0 Å². The number of hydrogen-bond acceptors (Lipinski definition) is 4. The Balaban J connectivity index is 1.88. The van der Waals surface area contributed by atoms with Gasteiger partial charge in [-0.05, 0) is 31.5 Å². The Labute approximate surface area is 125 Å². The van der Waals surface area contributed by atoms with Crippen molar-refractivity contribution in [1.82, 2.24) is 15.3 Å². The smallest absolute Gasteiger partial charge is 0.271 e. The van der Waals surface area contributed by atoms with E-state index in [1.54, 1.807) is 6.20 Å². The van der Waals surface area contributed by atoms with Gasteiger partial charge < -0.3 is 10.2 Å². The van der Waals surface area contributed by atoms with E-state index >= 15 is 0 Å². The highest BCUT2D eigenvalue weighted by Crippen LogP contribution is 2.14. The second kappa shape index (κ2) is 7.38. The van der Waals surface area contributed by atoms with Crippen LogP contribution in [0.4, 0.5) is 5.69 Å². The van der Waals surface area contributed by atoms with Gasteiger partial charge in [-0.3, -0.25) is 9.78 Å². The van der Waals surface area contributed by atoms with Crippen LogP contribution in [0.2, 0.25) is 0 Å². The van der Waals surface area contributed by atoms with Crippen LogP contribution < -0.4 is 10.2 Å². The van der Waals surface area contributed by atoms with E-state index < -0.39 is 0 Å². The van der Waals surface area contributed by atoms with Crippen LogP contribution in [0.25, 0.3) is 0 Å². The Hall–Kier alpha value is -2.43. The predicted octanol–water partition coefficient (Wildman–Crippen LogP) is 2.04. The first-order valence-electron chi connectivity index (χ1n) is 7.06. The molecule has 5 heteroatoms. The Morgan fingerprint density at radius 1 is 1.33 bits per heavy atom. The molecular weight excluding hydrogens is 264 g/mol. The number of carbonyl (C=O) groups is 1. The largest absolute Gasteiger partial charge is 0.370 e. The molecule has 0 saturated heterocycles. The van der Waals surface area contributed by atoms with Crippen LogP contribution in [-0.4, -0.2) is 35.5 Å². The Kier molecular flexibility index (Phi) is 5.26. The van der Waals surface area contributed by atoms with E-state index in [0.717, 1.165) is 13.1 Å². The van der Waals surface area contributed by atoms with Gasteiger partial charge in [0, 0.05) is 37.7 Å². The van der Waals surface area contributed by atoms with Gasteiger partial charge in [0.2, 0.25) is 0 Å². The first kappa shape index (κ1) is 15.0. The summed E-state index contributed by atoms with van der Waals surface area (Å²) in [5, 5.41) is 2.87. The third-order valence-electron chi connectivity index (χ3n) is 3.21. The maximum atomic E-state index is 11.9. The monoisotopic (exact) mass is 284 g/mol. The number of benzene rings is 1. The van der Waals surface area contributed by atoms with Gasteiger partial charge in [-0.25, -0.2) is 4.98 Å². The molecule has 0 unspecified atom stereocenters. The third kappa shape index (κ3) is 4.27. The summed E-state index contributed by atoms with van der Waals surface area (Å²) in [7, 11) is 0. The van der Waals surface area contributed by atoms with E-state index in [4.69, 9.17) is 0 Å². The van der Waals surface area contributed by atoms with Crippen LogP contribution in [0, 0.1) is 6.92 Å². The normalized spacial score (nSPS) is 10.2. The molecule has 2 aromatic rings. The number of carbonyl (C=O) groups excluding carboxylic acids is 1. The summed E-state index contributed by atoms with van der Waals surface area (Å²) < 4.78 is 0. The van der Waals surface area contributed by atoms with Crippen molar-refractivity contribution < 1.29 is 4.79 Å². The lowest BCUT2D eigenvalue weighted by Crippen LogP contribution is -2.35. The summed E-state index contributed by atoms with van der Waals surface area (Å²) >= 11 is 0. The van der Waals surface area contributed by atoms with Crippen molar-refractivity contribution in [2.75, 3.05) is 24.5 Å². The Bertz CT molecular complexity index is 586. The van der Waals surface area contributed by atoms with E-state index in [0.29, 0.717) is 12.2 Å². The Morgan fingerprint density at radius 3 is 2.86 bits per heavy atom. The molecule has 1 aromatic carbocycles. The standard InChI is InChI=1S/C16H20N4O/c1-3-20(14-6-4-5-13(2)11-14)10-9-19-16(21)15-12-17-7-8-18-15/h4-8,11-12H,3,9-10H2,1-2H3,(H,19,21). The van der Waals surface area contributed by atoms with Gasteiger partial charge in [0.15, 0.2) is 0 Å². The van der Waals surface area contributed by atoms with Gasteiger partial charge in [-0.15, -0.1) is 0 Å². The fourth-order valence-corrected chi connectivity index (χ4v) is 2.11. The first-order chi connectivity index (χ1) is 10.2. The molecule has 21 heavy (non-hydrogen) atoms. The maximum absolute atomic E-state index is 11.9. The number of anilines is 1. The number of rotatable bonds is 6. The predicted molar refractivity (Wildman–Crippen MR) is 83.4 cm³/mol. The molecule has 5 nitrogen and oxygen atoms in total. The number of aryl methyl sites for hydroxylation is 1. The molecule has 0 aliphatic rings. The van der Waals surface area contributed by atoms with E-state index in [1.165, 1.54) is 23.6 Å². The number of amides is 1. The minimum Gasteiger partial charge on any atom is -0.370 e. The number of aromatic nitrogens is 2. The molecule has 1 aromatic heterocycles. The van der Waals surface area contributed by atoms with Crippen molar-refractivity contribution in [2.24, 2.45) is 0 Å². The fourth-order valence-electron chi connectivity index (χ4n) is 2.11. The molecule has 0 bridgehead atoms. The van der Waals surface area contributed by atoms with Crippen molar-refractivity contribution in [3.8, 4) is 0 Å². The molecule has 0 radical (unpaired) electrons. The zero-order valence-corrected chi connectivity index (χ0v) is 12.4. The summed E-state index contributed by atoms with van der Waals surface area (Å²) in [6.07, 6.45) is 4.53. The van der Waals surface area contributed by atoms with Crippen LogP contribution in [-0.2, 0) is 0 Å². The van der Waals surface area contributed by atoms with Crippen LogP contribution in [0.1, 0.15) is 23.0 Å². The van der Waals surface area contributed by atoms with Gasteiger partial charge in [0.1, 0.15) is 5.69 Å². The van der Waals surface area contributed by atoms with Crippen LogP contribution in [0.3, 0.4) is 0 Å². The average molecular weight is 284 g/mol. The quantitative estimate of drug-likeness (QED) is 0.882. The van der Waals surface area contributed by atoms with Crippen molar-refractivity contribution >= 4 is 11.6 Å². The highest BCUT2D eigenvalue weighted by molar-refractivity contribution is 5.91. The van der Waals surface area contributed by atoms with Crippen molar-refractivity contribution in [2.45, 2.75) is 13.8 Å². The van der Waals surface area contributed by atoms with Crippen LogP contribution in [0.5, 0.6) is 0 Å². The van der Waals surface area contributed by atoms with E-state index in [2.05, 4.69) is 52.2 Å². The lowest BCUT2D eigenvalue weighted by molar-refractivity contribution is 0.0949. The zero-order valence-electron chi connectivity index (χ0n) is 12.4. The average Bonchev–Trinajstić information content (AvgIpc) is 2.52. The Morgan fingerprint density at radius 2 is 2.19 bits per heavy atom. The van der Waals surface area contributed by atoms with E-state index in [-0.39, 0.29) is 5.91 Å². The molecule has 0 atom stereocenters. The number of nitrogens with zero attached hydrogens (tertiary/aromatic N) is 3. The topological polar surface area (TPSA) is 58.1 Å². The molecule has 0 fully saturated rings. The molecule has 110 valence electrons. The number of likely N-dealkylation sites (N-methyl/N-ethyl adjacent to an activating group) is 1. The molecule has 1 amide bonds. The van der Waals surface area contributed by atoms with Crippen LogP contribution in [0.15, 0.2) is 42.9 Å². The second-order valence-corrected chi connectivity index (χ2v) is 4.77. The highest BCUT2D eigenvalue weighted by Gasteiger charge is 2.08. The van der Waals surface area contributed by atoms with Gasteiger partial charge in [-0.1, -0.05) is 12.1 Å². The van der Waals surface area contributed by atoms with E-state index in [1.807, 2.05) is 6.07 Å². The molecule has 0 saturated carbocycles. The van der Waals surface area contributed by atoms with Crippen molar-refractivity contribution in [3.63, 3.8) is 0 Å². The van der Waals surface area contributed by atoms with Gasteiger partial charge in [0.05, 0.1) is 6.20 Å². The summed E-state index contributed by atoms with van der Waals surface area (Å²) in [6.45, 7) is 6.40. The molecule has 1 N–H and O–H groups in total. The van der Waals surface area contributed by atoms with Gasteiger partial charge >= 0.3 is 0 Å². The molecular formula is C16H20N4O. The molecule has 0 aliphatic carbocycles. The molecule has 0 spiro atoms. The summed E-state index contributed by atoms with van der Waals surface area (Å²) in [6, 6.07) is 8.35. The highest BCUT2D eigenvalue weighted by atomic mass is 16.1. The summed E-state index contributed by atoms with van der Waals surface area (Å²) in [5.41, 5.74) is 2.75. The minimum absolute atomic E-state index is 0.191.